The van der Waals surface area contributed by atoms with Gasteiger partial charge in [0.1, 0.15) is 0 Å². The quantitative estimate of drug-likeness (QED) is 0.922. The van der Waals surface area contributed by atoms with Gasteiger partial charge in [-0.2, -0.15) is 0 Å². The topological polar surface area (TPSA) is 34.0 Å². The minimum atomic E-state index is 0.0466. The van der Waals surface area contributed by atoms with Crippen LogP contribution in [0.15, 0.2) is 35.1 Å². The Bertz CT molecular complexity index is 677. The maximum absolute atomic E-state index is 12.1. The van der Waals surface area contributed by atoms with Gasteiger partial charge in [-0.3, -0.25) is 4.79 Å². The molecule has 3 nitrogen and oxygen atoms in total. The van der Waals surface area contributed by atoms with Gasteiger partial charge in [0.2, 0.25) is 0 Å². The summed E-state index contributed by atoms with van der Waals surface area (Å²) in [5.41, 5.74) is 2.46. The number of aryl methyl sites for hydroxylation is 1. The highest BCUT2D eigenvalue weighted by atomic mass is 16.1. The Kier molecular flexibility index (Phi) is 3.28. The van der Waals surface area contributed by atoms with E-state index in [2.05, 4.69) is 18.3 Å². The Hall–Kier alpha value is -1.77. The van der Waals surface area contributed by atoms with E-state index >= 15 is 0 Å². The molecule has 0 saturated heterocycles. The van der Waals surface area contributed by atoms with Crippen LogP contribution in [0.3, 0.4) is 0 Å². The number of para-hydroxylation sites is 1. The summed E-state index contributed by atoms with van der Waals surface area (Å²) in [6.45, 7) is 3.24. The van der Waals surface area contributed by atoms with Gasteiger partial charge in [-0.1, -0.05) is 31.5 Å². The van der Waals surface area contributed by atoms with Gasteiger partial charge >= 0.3 is 0 Å². The lowest BCUT2D eigenvalue weighted by atomic mass is 9.67. The van der Waals surface area contributed by atoms with Crippen LogP contribution in [0.1, 0.15) is 32.6 Å². The lowest BCUT2D eigenvalue weighted by molar-refractivity contribution is 0.145. The summed E-state index contributed by atoms with van der Waals surface area (Å²) in [6.07, 6.45) is 5.16. The fourth-order valence-electron chi connectivity index (χ4n) is 3.17. The van der Waals surface area contributed by atoms with E-state index in [4.69, 9.17) is 0 Å². The lowest BCUT2D eigenvalue weighted by Gasteiger charge is -2.41. The summed E-state index contributed by atoms with van der Waals surface area (Å²) in [4.78, 5) is 12.1. The van der Waals surface area contributed by atoms with E-state index in [-0.39, 0.29) is 5.56 Å². The summed E-state index contributed by atoms with van der Waals surface area (Å²) < 4.78 is 1.71. The maximum Gasteiger partial charge on any atom is 0.252 e. The normalized spacial score (nSPS) is 16.9. The fraction of sp³-hybridized carbons (Fsp3) is 0.471. The highest BCUT2D eigenvalue weighted by molar-refractivity contribution is 5.91. The second-order valence-corrected chi connectivity index (χ2v) is 6.03. The number of benzene rings is 1. The van der Waals surface area contributed by atoms with Crippen molar-refractivity contribution in [2.45, 2.75) is 32.6 Å². The zero-order valence-corrected chi connectivity index (χ0v) is 12.3. The molecule has 1 fully saturated rings. The molecule has 0 amide bonds. The minimum Gasteiger partial charge on any atom is -0.384 e. The fourth-order valence-corrected chi connectivity index (χ4v) is 3.17. The Morgan fingerprint density at radius 2 is 2.05 bits per heavy atom. The molecule has 0 aliphatic heterocycles. The molecule has 1 aromatic heterocycles. The number of nitrogens with zero attached hydrogens (tertiary/aromatic N) is 1. The van der Waals surface area contributed by atoms with Gasteiger partial charge in [0.15, 0.2) is 0 Å². The van der Waals surface area contributed by atoms with Crippen molar-refractivity contribution in [3.8, 4) is 0 Å². The van der Waals surface area contributed by atoms with Gasteiger partial charge in [0, 0.05) is 30.7 Å². The second-order valence-electron chi connectivity index (χ2n) is 6.03. The molecule has 1 aromatic carbocycles. The smallest absolute Gasteiger partial charge is 0.252 e. The number of hydrogen-bond donors (Lipinski definition) is 1. The standard InChI is InChI=1S/C17H22N2O/c1-3-17(9-6-10-17)12-18-14-11-16(20)19(2)15-8-5-4-7-13(14)15/h4-5,7-8,11,18H,3,6,9-10,12H2,1-2H3. The van der Waals surface area contributed by atoms with E-state index in [1.54, 1.807) is 10.6 Å². The third-order valence-corrected chi connectivity index (χ3v) is 4.97. The molecular formula is C17H22N2O. The van der Waals surface area contributed by atoms with Gasteiger partial charge in [0.05, 0.1) is 5.52 Å². The van der Waals surface area contributed by atoms with Gasteiger partial charge < -0.3 is 9.88 Å². The first-order valence-electron chi connectivity index (χ1n) is 7.48. The minimum absolute atomic E-state index is 0.0466. The number of aromatic nitrogens is 1. The number of hydrogen-bond acceptors (Lipinski definition) is 2. The number of nitrogens with one attached hydrogen (secondary N) is 1. The first-order chi connectivity index (χ1) is 9.65. The van der Waals surface area contributed by atoms with E-state index in [0.29, 0.717) is 5.41 Å². The Morgan fingerprint density at radius 3 is 2.70 bits per heavy atom. The van der Waals surface area contributed by atoms with Crippen molar-refractivity contribution >= 4 is 16.6 Å². The molecule has 20 heavy (non-hydrogen) atoms. The molecule has 3 heteroatoms. The molecule has 106 valence electrons. The first-order valence-corrected chi connectivity index (χ1v) is 7.48. The second kappa shape index (κ2) is 4.97. The third-order valence-electron chi connectivity index (χ3n) is 4.97. The summed E-state index contributed by atoms with van der Waals surface area (Å²) >= 11 is 0. The maximum atomic E-state index is 12.1. The first kappa shape index (κ1) is 13.2. The van der Waals surface area contributed by atoms with Crippen molar-refractivity contribution in [3.63, 3.8) is 0 Å². The number of rotatable bonds is 4. The molecule has 1 N–H and O–H groups in total. The Morgan fingerprint density at radius 1 is 1.30 bits per heavy atom. The SMILES string of the molecule is CCC1(CNc2cc(=O)n(C)c3ccccc23)CCC1. The number of pyridine rings is 1. The zero-order valence-electron chi connectivity index (χ0n) is 12.3. The van der Waals surface area contributed by atoms with Crippen LogP contribution in [0.4, 0.5) is 5.69 Å². The van der Waals surface area contributed by atoms with E-state index in [0.717, 1.165) is 23.1 Å². The van der Waals surface area contributed by atoms with Crippen LogP contribution in [0.5, 0.6) is 0 Å². The van der Waals surface area contributed by atoms with Crippen molar-refractivity contribution in [1.29, 1.82) is 0 Å². The summed E-state index contributed by atoms with van der Waals surface area (Å²) in [6, 6.07) is 9.81. The van der Waals surface area contributed by atoms with E-state index in [1.807, 2.05) is 25.2 Å². The predicted octanol–water partition coefficient (Wildman–Crippen LogP) is 3.53. The average molecular weight is 270 g/mol. The highest BCUT2D eigenvalue weighted by Crippen LogP contribution is 2.43. The molecule has 1 aliphatic carbocycles. The Balaban J connectivity index is 1.95. The molecule has 1 saturated carbocycles. The van der Waals surface area contributed by atoms with Crippen molar-refractivity contribution in [1.82, 2.24) is 4.57 Å². The number of anilines is 1. The molecule has 0 radical (unpaired) electrons. The van der Waals surface area contributed by atoms with Crippen LogP contribution in [0, 0.1) is 5.41 Å². The van der Waals surface area contributed by atoms with Crippen LogP contribution in [0.2, 0.25) is 0 Å². The highest BCUT2D eigenvalue weighted by Gasteiger charge is 2.34. The van der Waals surface area contributed by atoms with Crippen LogP contribution in [-0.4, -0.2) is 11.1 Å². The van der Waals surface area contributed by atoms with Gasteiger partial charge in [0.25, 0.3) is 5.56 Å². The Labute approximate surface area is 119 Å². The van der Waals surface area contributed by atoms with Gasteiger partial charge in [-0.25, -0.2) is 0 Å². The largest absolute Gasteiger partial charge is 0.384 e. The molecule has 1 heterocycles. The summed E-state index contributed by atoms with van der Waals surface area (Å²) in [5.74, 6) is 0. The lowest BCUT2D eigenvalue weighted by Crippen LogP contribution is -2.36. The molecule has 2 aromatic rings. The summed E-state index contributed by atoms with van der Waals surface area (Å²) in [5, 5.41) is 4.66. The summed E-state index contributed by atoms with van der Waals surface area (Å²) in [7, 11) is 1.83. The van der Waals surface area contributed by atoms with Crippen LogP contribution in [-0.2, 0) is 7.05 Å². The molecule has 0 unspecified atom stereocenters. The molecule has 0 atom stereocenters. The van der Waals surface area contributed by atoms with Crippen molar-refractivity contribution in [3.05, 3.63) is 40.7 Å². The number of fused-ring (bicyclic) bond motifs is 1. The van der Waals surface area contributed by atoms with Crippen molar-refractivity contribution in [2.75, 3.05) is 11.9 Å². The molecule has 3 rings (SSSR count). The van der Waals surface area contributed by atoms with Crippen LogP contribution >= 0.6 is 0 Å². The van der Waals surface area contributed by atoms with Gasteiger partial charge in [-0.05, 0) is 30.7 Å². The average Bonchev–Trinajstić information content (AvgIpc) is 2.43. The monoisotopic (exact) mass is 270 g/mol. The molecule has 1 aliphatic rings. The molecule has 0 spiro atoms. The van der Waals surface area contributed by atoms with Crippen LogP contribution < -0.4 is 10.9 Å². The molecule has 0 bridgehead atoms. The van der Waals surface area contributed by atoms with E-state index in [9.17, 15) is 4.79 Å². The molecular weight excluding hydrogens is 248 g/mol. The third kappa shape index (κ3) is 2.11. The van der Waals surface area contributed by atoms with E-state index in [1.165, 1.54) is 25.7 Å². The van der Waals surface area contributed by atoms with Crippen molar-refractivity contribution < 1.29 is 0 Å². The van der Waals surface area contributed by atoms with Crippen LogP contribution in [0.25, 0.3) is 10.9 Å². The predicted molar refractivity (Wildman–Crippen MR) is 84.3 cm³/mol. The van der Waals surface area contributed by atoms with Crippen molar-refractivity contribution in [2.24, 2.45) is 12.5 Å². The van der Waals surface area contributed by atoms with E-state index < -0.39 is 0 Å². The van der Waals surface area contributed by atoms with Gasteiger partial charge in [-0.15, -0.1) is 0 Å². The zero-order chi connectivity index (χ0) is 14.2.